The van der Waals surface area contributed by atoms with E-state index in [1.165, 1.54) is 5.48 Å². The van der Waals surface area contributed by atoms with E-state index in [2.05, 4.69) is 5.32 Å². The van der Waals surface area contributed by atoms with E-state index in [0.29, 0.717) is 45.5 Å². The summed E-state index contributed by atoms with van der Waals surface area (Å²) >= 11 is 0. The van der Waals surface area contributed by atoms with Crippen molar-refractivity contribution in [3.8, 4) is 5.75 Å². The summed E-state index contributed by atoms with van der Waals surface area (Å²) in [5.74, 6) is -1.29. The van der Waals surface area contributed by atoms with Crippen LogP contribution in [0.3, 0.4) is 0 Å². The van der Waals surface area contributed by atoms with E-state index >= 15 is 0 Å². The Kier molecular flexibility index (Phi) is 8.69. The van der Waals surface area contributed by atoms with Crippen LogP contribution in [0.25, 0.3) is 0 Å². The molecule has 1 fully saturated rings. The maximum atomic E-state index is 13.0. The Morgan fingerprint density at radius 3 is 2.68 bits per heavy atom. The van der Waals surface area contributed by atoms with Gasteiger partial charge in [0.2, 0.25) is 5.91 Å². The lowest BCUT2D eigenvalue weighted by atomic mass is 9.91. The number of amides is 2. The number of carbonyl (C=O) groups is 2. The van der Waals surface area contributed by atoms with Crippen LogP contribution in [-0.4, -0.2) is 65.4 Å². The number of rotatable bonds is 9. The van der Waals surface area contributed by atoms with Gasteiger partial charge in [0, 0.05) is 25.7 Å². The summed E-state index contributed by atoms with van der Waals surface area (Å²) in [5.41, 5.74) is 2.54. The van der Waals surface area contributed by atoms with E-state index in [9.17, 15) is 14.7 Å². The quantitative estimate of drug-likeness (QED) is 0.363. The second-order valence-corrected chi connectivity index (χ2v) is 7.08. The van der Waals surface area contributed by atoms with Crippen molar-refractivity contribution in [3.05, 3.63) is 29.8 Å². The normalized spacial score (nSPS) is 19.0. The molecule has 0 radical (unpaired) electrons. The fraction of sp³-hybridized carbons (Fsp3) is 0.600. The highest BCUT2D eigenvalue weighted by Crippen LogP contribution is 2.21. The minimum Gasteiger partial charge on any atom is -0.494 e. The number of nitrogens with zero attached hydrogens (tertiary/aromatic N) is 1. The van der Waals surface area contributed by atoms with Crippen LogP contribution in [0.15, 0.2) is 24.3 Å². The Labute approximate surface area is 165 Å². The zero-order chi connectivity index (χ0) is 20.5. The van der Waals surface area contributed by atoms with Gasteiger partial charge in [0.1, 0.15) is 11.9 Å². The first kappa shape index (κ1) is 22.1. The van der Waals surface area contributed by atoms with E-state index < -0.39 is 17.9 Å². The molecule has 3 atom stereocenters. The molecule has 8 heteroatoms. The SMILES string of the molecule is CCOc1ccc(CCC[C@@H](C(=O)N2CCNC[C@@H]2C)[C@H](O)C(=O)NO)cc1. The Hall–Kier alpha value is -2.16. The zero-order valence-electron chi connectivity index (χ0n) is 16.6. The number of hydrogen-bond donors (Lipinski definition) is 4. The minimum absolute atomic E-state index is 0.0146. The van der Waals surface area contributed by atoms with Crippen molar-refractivity contribution in [3.63, 3.8) is 0 Å². The summed E-state index contributed by atoms with van der Waals surface area (Å²) in [6.45, 7) is 6.35. The third-order valence-corrected chi connectivity index (χ3v) is 5.08. The van der Waals surface area contributed by atoms with Crippen LogP contribution in [0.1, 0.15) is 32.3 Å². The van der Waals surface area contributed by atoms with Crippen LogP contribution in [0.4, 0.5) is 0 Å². The number of benzene rings is 1. The maximum Gasteiger partial charge on any atom is 0.272 e. The first-order chi connectivity index (χ1) is 13.5. The molecule has 1 aromatic rings. The summed E-state index contributed by atoms with van der Waals surface area (Å²) in [7, 11) is 0. The summed E-state index contributed by atoms with van der Waals surface area (Å²) in [6, 6.07) is 7.73. The summed E-state index contributed by atoms with van der Waals surface area (Å²) in [6.07, 6.45) is 0.0958. The number of aliphatic hydroxyl groups excluding tert-OH is 1. The predicted molar refractivity (Wildman–Crippen MR) is 104 cm³/mol. The van der Waals surface area contributed by atoms with Crippen molar-refractivity contribution >= 4 is 11.8 Å². The highest BCUT2D eigenvalue weighted by Gasteiger charge is 2.36. The molecule has 156 valence electrons. The van der Waals surface area contributed by atoms with Gasteiger partial charge in [0.15, 0.2) is 0 Å². The van der Waals surface area contributed by atoms with Crippen molar-refractivity contribution in [1.82, 2.24) is 15.7 Å². The molecule has 28 heavy (non-hydrogen) atoms. The molecular formula is C20H31N3O5. The van der Waals surface area contributed by atoms with Crippen LogP contribution < -0.4 is 15.5 Å². The first-order valence-corrected chi connectivity index (χ1v) is 9.82. The Morgan fingerprint density at radius 1 is 1.36 bits per heavy atom. The number of nitrogens with one attached hydrogen (secondary N) is 2. The number of aliphatic hydroxyl groups is 1. The first-order valence-electron chi connectivity index (χ1n) is 9.82. The molecule has 0 saturated carbocycles. The van der Waals surface area contributed by atoms with E-state index in [-0.39, 0.29) is 11.9 Å². The summed E-state index contributed by atoms with van der Waals surface area (Å²) in [4.78, 5) is 26.4. The second kappa shape index (κ2) is 11.0. The topological polar surface area (TPSA) is 111 Å². The van der Waals surface area contributed by atoms with E-state index in [0.717, 1.165) is 11.3 Å². The molecular weight excluding hydrogens is 362 g/mol. The third kappa shape index (κ3) is 5.92. The standard InChI is InChI=1S/C20H31N3O5/c1-3-28-16-9-7-15(8-10-16)5-4-6-17(18(24)19(25)22-27)20(26)23-12-11-21-13-14(23)2/h7-10,14,17-18,21,24,27H,3-6,11-13H2,1-2H3,(H,22,25)/t14-,17+,18-/m0/s1. The van der Waals surface area contributed by atoms with E-state index in [1.54, 1.807) is 4.90 Å². The van der Waals surface area contributed by atoms with Gasteiger partial charge >= 0.3 is 0 Å². The number of hydrogen-bond acceptors (Lipinski definition) is 6. The molecule has 2 rings (SSSR count). The van der Waals surface area contributed by atoms with Crippen LogP contribution >= 0.6 is 0 Å². The molecule has 0 aliphatic carbocycles. The predicted octanol–water partition coefficient (Wildman–Crippen LogP) is 0.711. The van der Waals surface area contributed by atoms with Gasteiger partial charge in [-0.3, -0.25) is 14.8 Å². The molecule has 2 amide bonds. The van der Waals surface area contributed by atoms with Crippen LogP contribution in [0.2, 0.25) is 0 Å². The molecule has 4 N–H and O–H groups in total. The molecule has 1 aliphatic heterocycles. The Bertz CT molecular complexity index is 637. The Morgan fingerprint density at radius 2 is 2.07 bits per heavy atom. The second-order valence-electron chi connectivity index (χ2n) is 7.08. The van der Waals surface area contributed by atoms with Gasteiger partial charge in [-0.1, -0.05) is 12.1 Å². The van der Waals surface area contributed by atoms with Crippen molar-refractivity contribution in [2.75, 3.05) is 26.2 Å². The largest absolute Gasteiger partial charge is 0.494 e. The molecule has 1 heterocycles. The number of ether oxygens (including phenoxy) is 1. The van der Waals surface area contributed by atoms with Gasteiger partial charge in [-0.25, -0.2) is 5.48 Å². The van der Waals surface area contributed by atoms with Gasteiger partial charge in [-0.05, 0) is 50.8 Å². The molecule has 1 aromatic carbocycles. The summed E-state index contributed by atoms with van der Waals surface area (Å²) in [5, 5.41) is 22.4. The van der Waals surface area contributed by atoms with Crippen LogP contribution in [0.5, 0.6) is 5.75 Å². The smallest absolute Gasteiger partial charge is 0.272 e. The zero-order valence-corrected chi connectivity index (χ0v) is 16.6. The van der Waals surface area contributed by atoms with Gasteiger partial charge < -0.3 is 20.1 Å². The van der Waals surface area contributed by atoms with Crippen molar-refractivity contribution < 1.29 is 24.6 Å². The van der Waals surface area contributed by atoms with Crippen molar-refractivity contribution in [2.24, 2.45) is 5.92 Å². The average molecular weight is 393 g/mol. The van der Waals surface area contributed by atoms with Gasteiger partial charge in [0.05, 0.1) is 12.5 Å². The van der Waals surface area contributed by atoms with Gasteiger partial charge in [0.25, 0.3) is 5.91 Å². The highest BCUT2D eigenvalue weighted by atomic mass is 16.5. The minimum atomic E-state index is -1.58. The monoisotopic (exact) mass is 393 g/mol. The van der Waals surface area contributed by atoms with Gasteiger partial charge in [-0.15, -0.1) is 0 Å². The fourth-order valence-corrected chi connectivity index (χ4v) is 3.49. The van der Waals surface area contributed by atoms with E-state index in [4.69, 9.17) is 9.94 Å². The number of aryl methyl sites for hydroxylation is 1. The molecule has 8 nitrogen and oxygen atoms in total. The van der Waals surface area contributed by atoms with E-state index in [1.807, 2.05) is 38.1 Å². The number of hydroxylamine groups is 1. The molecule has 1 saturated heterocycles. The number of piperazine rings is 1. The molecule has 1 aliphatic rings. The lowest BCUT2D eigenvalue weighted by Crippen LogP contribution is -2.56. The maximum absolute atomic E-state index is 13.0. The lowest BCUT2D eigenvalue weighted by Gasteiger charge is -2.37. The van der Waals surface area contributed by atoms with Gasteiger partial charge in [-0.2, -0.15) is 0 Å². The lowest BCUT2D eigenvalue weighted by molar-refractivity contribution is -0.152. The average Bonchev–Trinajstić information content (AvgIpc) is 2.71. The molecule has 0 unspecified atom stereocenters. The molecule has 0 spiro atoms. The molecule has 0 bridgehead atoms. The van der Waals surface area contributed by atoms with Crippen molar-refractivity contribution in [1.29, 1.82) is 0 Å². The fourth-order valence-electron chi connectivity index (χ4n) is 3.49. The highest BCUT2D eigenvalue weighted by molar-refractivity contribution is 5.88. The number of carbonyl (C=O) groups excluding carboxylic acids is 2. The van der Waals surface area contributed by atoms with Crippen LogP contribution in [0, 0.1) is 5.92 Å². The Balaban J connectivity index is 2.00. The van der Waals surface area contributed by atoms with Crippen molar-refractivity contribution in [2.45, 2.75) is 45.3 Å². The summed E-state index contributed by atoms with van der Waals surface area (Å²) < 4.78 is 5.43. The van der Waals surface area contributed by atoms with Crippen LogP contribution in [-0.2, 0) is 16.0 Å². The third-order valence-electron chi connectivity index (χ3n) is 5.08. The molecule has 0 aromatic heterocycles.